The largest absolute Gasteiger partial charge is 0.354 e. The highest BCUT2D eigenvalue weighted by Gasteiger charge is 2.24. The van der Waals surface area contributed by atoms with Gasteiger partial charge in [0.2, 0.25) is 0 Å². The molecule has 1 fully saturated rings. The summed E-state index contributed by atoms with van der Waals surface area (Å²) in [5.41, 5.74) is 1.32. The number of halogens is 1. The van der Waals surface area contributed by atoms with Gasteiger partial charge in [-0.1, -0.05) is 42.5 Å². The van der Waals surface area contributed by atoms with Crippen LogP contribution in [0.5, 0.6) is 0 Å². The molecule has 2 rings (SSSR count). The fourth-order valence-corrected chi connectivity index (χ4v) is 2.49. The van der Waals surface area contributed by atoms with E-state index in [-0.39, 0.29) is 0 Å². The fraction of sp³-hybridized carbons (Fsp3) is 0.545. The molecule has 0 amide bonds. The van der Waals surface area contributed by atoms with Crippen LogP contribution in [0.25, 0.3) is 0 Å². The molecular formula is C11H15IN2. The van der Waals surface area contributed by atoms with E-state index in [1.807, 2.05) is 6.20 Å². The van der Waals surface area contributed by atoms with Crippen molar-refractivity contribution in [2.45, 2.75) is 23.7 Å². The van der Waals surface area contributed by atoms with E-state index in [4.69, 9.17) is 0 Å². The highest BCUT2D eigenvalue weighted by Crippen LogP contribution is 2.24. The van der Waals surface area contributed by atoms with Crippen molar-refractivity contribution in [2.24, 2.45) is 0 Å². The van der Waals surface area contributed by atoms with Crippen molar-refractivity contribution < 1.29 is 0 Å². The molecule has 76 valence electrons. The minimum absolute atomic E-state index is 0.574. The highest BCUT2D eigenvalue weighted by atomic mass is 127. The molecule has 14 heavy (non-hydrogen) atoms. The first-order valence-corrected chi connectivity index (χ1v) is 6.26. The molecule has 0 N–H and O–H groups in total. The molecule has 0 radical (unpaired) electrons. The third-order valence-corrected chi connectivity index (χ3v) is 3.39. The molecule has 1 aromatic heterocycles. The first kappa shape index (κ1) is 10.2. The van der Waals surface area contributed by atoms with E-state index in [1.54, 1.807) is 0 Å². The van der Waals surface area contributed by atoms with Gasteiger partial charge < -0.3 is 4.90 Å². The summed E-state index contributed by atoms with van der Waals surface area (Å²) >= 11 is 2.48. The van der Waals surface area contributed by atoms with Crippen molar-refractivity contribution in [3.8, 4) is 0 Å². The maximum absolute atomic E-state index is 4.48. The van der Waals surface area contributed by atoms with Gasteiger partial charge in [-0.05, 0) is 17.5 Å². The van der Waals surface area contributed by atoms with Gasteiger partial charge in [-0.25, -0.2) is 4.98 Å². The van der Waals surface area contributed by atoms with Gasteiger partial charge in [0.15, 0.2) is 0 Å². The number of rotatable bonds is 2. The normalized spacial score (nSPS) is 17.3. The minimum atomic E-state index is 0.574. The SMILES string of the molecule is CC(C)c1ccc(N2CC(I)C2)nc1. The molecule has 1 saturated heterocycles. The van der Waals surface area contributed by atoms with Crippen LogP contribution >= 0.6 is 22.6 Å². The Morgan fingerprint density at radius 1 is 1.43 bits per heavy atom. The Morgan fingerprint density at radius 3 is 2.57 bits per heavy atom. The number of hydrogen-bond acceptors (Lipinski definition) is 2. The zero-order chi connectivity index (χ0) is 10.1. The van der Waals surface area contributed by atoms with E-state index in [0.717, 1.165) is 22.8 Å². The number of pyridine rings is 1. The van der Waals surface area contributed by atoms with E-state index >= 15 is 0 Å². The Balaban J connectivity index is 2.07. The smallest absolute Gasteiger partial charge is 0.128 e. The predicted molar refractivity (Wildman–Crippen MR) is 68.3 cm³/mol. The van der Waals surface area contributed by atoms with Crippen LogP contribution in [-0.2, 0) is 0 Å². The van der Waals surface area contributed by atoms with Gasteiger partial charge in [0, 0.05) is 23.2 Å². The van der Waals surface area contributed by atoms with Gasteiger partial charge in [0.1, 0.15) is 5.82 Å². The van der Waals surface area contributed by atoms with E-state index in [0.29, 0.717) is 5.92 Å². The van der Waals surface area contributed by atoms with Gasteiger partial charge in [-0.2, -0.15) is 0 Å². The number of nitrogens with zero attached hydrogens (tertiary/aromatic N) is 2. The molecule has 1 aromatic rings. The van der Waals surface area contributed by atoms with Crippen molar-refractivity contribution in [1.82, 2.24) is 4.98 Å². The Bertz CT molecular complexity index is 302. The van der Waals surface area contributed by atoms with Crippen LogP contribution in [0.1, 0.15) is 25.3 Å². The fourth-order valence-electron chi connectivity index (χ4n) is 1.54. The summed E-state index contributed by atoms with van der Waals surface area (Å²) in [6.45, 7) is 6.69. The molecule has 0 unspecified atom stereocenters. The summed E-state index contributed by atoms with van der Waals surface area (Å²) in [6, 6.07) is 4.32. The zero-order valence-electron chi connectivity index (χ0n) is 8.57. The molecule has 2 nitrogen and oxygen atoms in total. The number of alkyl halides is 1. The Labute approximate surface area is 98.9 Å². The maximum Gasteiger partial charge on any atom is 0.128 e. The van der Waals surface area contributed by atoms with E-state index in [2.05, 4.69) is 58.5 Å². The van der Waals surface area contributed by atoms with E-state index in [9.17, 15) is 0 Å². The summed E-state index contributed by atoms with van der Waals surface area (Å²) < 4.78 is 0.805. The molecule has 2 heterocycles. The van der Waals surface area contributed by atoms with Crippen LogP contribution in [0.4, 0.5) is 5.82 Å². The van der Waals surface area contributed by atoms with Crippen molar-refractivity contribution in [3.05, 3.63) is 23.9 Å². The summed E-state index contributed by atoms with van der Waals surface area (Å²) in [7, 11) is 0. The van der Waals surface area contributed by atoms with Crippen LogP contribution in [0.15, 0.2) is 18.3 Å². The molecular weight excluding hydrogens is 287 g/mol. The molecule has 1 aliphatic rings. The number of anilines is 1. The van der Waals surface area contributed by atoms with Gasteiger partial charge in [0.25, 0.3) is 0 Å². The van der Waals surface area contributed by atoms with Gasteiger partial charge in [0.05, 0.1) is 0 Å². The van der Waals surface area contributed by atoms with Crippen molar-refractivity contribution in [2.75, 3.05) is 18.0 Å². The van der Waals surface area contributed by atoms with Crippen LogP contribution in [0.3, 0.4) is 0 Å². The second-order valence-corrected chi connectivity index (χ2v) is 5.87. The topological polar surface area (TPSA) is 16.1 Å². The van der Waals surface area contributed by atoms with Gasteiger partial charge in [-0.3, -0.25) is 0 Å². The maximum atomic E-state index is 4.48. The third kappa shape index (κ3) is 2.02. The molecule has 0 saturated carbocycles. The minimum Gasteiger partial charge on any atom is -0.354 e. The van der Waals surface area contributed by atoms with Crippen molar-refractivity contribution in [1.29, 1.82) is 0 Å². The van der Waals surface area contributed by atoms with Crippen LogP contribution in [0.2, 0.25) is 0 Å². The lowest BCUT2D eigenvalue weighted by Gasteiger charge is -2.37. The lowest BCUT2D eigenvalue weighted by molar-refractivity contribution is 0.644. The highest BCUT2D eigenvalue weighted by molar-refractivity contribution is 14.1. The van der Waals surface area contributed by atoms with Crippen molar-refractivity contribution in [3.63, 3.8) is 0 Å². The van der Waals surface area contributed by atoms with Crippen LogP contribution in [-0.4, -0.2) is 22.0 Å². The summed E-state index contributed by atoms with van der Waals surface area (Å²) in [6.07, 6.45) is 2.00. The zero-order valence-corrected chi connectivity index (χ0v) is 10.7. The first-order valence-electron chi connectivity index (χ1n) is 5.02. The standard InChI is InChI=1S/C11H15IN2/c1-8(2)9-3-4-11(13-5-9)14-6-10(12)7-14/h3-5,8,10H,6-7H2,1-2H3. The lowest BCUT2D eigenvalue weighted by atomic mass is 10.1. The summed E-state index contributed by atoms with van der Waals surface area (Å²) in [5, 5.41) is 0. The molecule has 1 aliphatic heterocycles. The average molecular weight is 302 g/mol. The van der Waals surface area contributed by atoms with Gasteiger partial charge >= 0.3 is 0 Å². The monoisotopic (exact) mass is 302 g/mol. The van der Waals surface area contributed by atoms with E-state index in [1.165, 1.54) is 5.56 Å². The number of aromatic nitrogens is 1. The first-order chi connectivity index (χ1) is 6.66. The van der Waals surface area contributed by atoms with Crippen molar-refractivity contribution >= 4 is 28.4 Å². The molecule has 0 aliphatic carbocycles. The lowest BCUT2D eigenvalue weighted by Crippen LogP contribution is -2.47. The van der Waals surface area contributed by atoms with Gasteiger partial charge in [-0.15, -0.1) is 0 Å². The molecule has 0 aromatic carbocycles. The Morgan fingerprint density at radius 2 is 2.14 bits per heavy atom. The molecule has 0 bridgehead atoms. The third-order valence-electron chi connectivity index (χ3n) is 2.60. The summed E-state index contributed by atoms with van der Waals surface area (Å²) in [5.74, 6) is 1.70. The van der Waals surface area contributed by atoms with Crippen LogP contribution in [0, 0.1) is 0 Å². The quantitative estimate of drug-likeness (QED) is 0.617. The second-order valence-electron chi connectivity index (χ2n) is 4.11. The average Bonchev–Trinajstić information content (AvgIpc) is 2.13. The second kappa shape index (κ2) is 4.04. The Hall–Kier alpha value is -0.320. The molecule has 0 spiro atoms. The van der Waals surface area contributed by atoms with E-state index < -0.39 is 0 Å². The number of hydrogen-bond donors (Lipinski definition) is 0. The predicted octanol–water partition coefficient (Wildman–Crippen LogP) is 2.83. The molecule has 3 heteroatoms. The summed E-state index contributed by atoms with van der Waals surface area (Å²) in [4.78, 5) is 6.80. The molecule has 0 atom stereocenters. The Kier molecular flexibility index (Phi) is 2.95. The van der Waals surface area contributed by atoms with Crippen LogP contribution < -0.4 is 4.90 Å².